The molecular weight excluding hydrogens is 536 g/mol. The van der Waals surface area contributed by atoms with E-state index in [1.165, 1.54) is 18.4 Å². The molecular formula is C32H40N4O4S. The third-order valence-electron chi connectivity index (χ3n) is 8.97. The van der Waals surface area contributed by atoms with Gasteiger partial charge in [-0.3, -0.25) is 4.98 Å². The number of urea groups is 1. The molecule has 0 atom stereocenters. The van der Waals surface area contributed by atoms with Crippen LogP contribution in [-0.2, 0) is 22.0 Å². The van der Waals surface area contributed by atoms with Crippen molar-refractivity contribution in [2.24, 2.45) is 11.8 Å². The van der Waals surface area contributed by atoms with E-state index in [2.05, 4.69) is 40.7 Å². The van der Waals surface area contributed by atoms with Crippen LogP contribution in [0, 0.1) is 11.8 Å². The number of nitrogens with zero attached hydrogens (tertiary/aromatic N) is 2. The second-order valence-corrected chi connectivity index (χ2v) is 13.4. The van der Waals surface area contributed by atoms with Gasteiger partial charge in [-0.15, -0.1) is 0 Å². The number of hydrogen-bond acceptors (Lipinski definition) is 5. The second kappa shape index (κ2) is 12.6. The zero-order chi connectivity index (χ0) is 28.9. The van der Waals surface area contributed by atoms with E-state index in [0.29, 0.717) is 31.2 Å². The quantitative estimate of drug-likeness (QED) is 0.345. The number of benzene rings is 2. The molecule has 41 heavy (non-hydrogen) atoms. The van der Waals surface area contributed by atoms with Crippen molar-refractivity contribution < 1.29 is 17.9 Å². The Hall–Kier alpha value is -3.43. The number of aromatic nitrogens is 1. The molecule has 1 saturated heterocycles. The molecule has 1 aromatic heterocycles. The molecule has 0 radical (unpaired) electrons. The summed E-state index contributed by atoms with van der Waals surface area (Å²) < 4.78 is 34.3. The van der Waals surface area contributed by atoms with Gasteiger partial charge in [0.05, 0.1) is 12.0 Å². The first-order valence-corrected chi connectivity index (χ1v) is 15.9. The van der Waals surface area contributed by atoms with Crippen molar-refractivity contribution in [3.8, 4) is 5.75 Å². The molecule has 2 N–H and O–H groups in total. The fraction of sp³-hybridized carbons (Fsp3) is 0.438. The standard InChI is InChI=1S/C32H40N4O4S/c1-24-12-16-32(17-13-24,27-6-3-7-29(21-27)40-2)26-14-19-36(20-15-26)41(38,39)30-10-8-28(9-11-30)35-31(37)34-23-25-5-4-18-33-22-25/h3-11,18,21-22,24,26H,12-17,19-20,23H2,1-2H3,(H2,34,35,37). The van der Waals surface area contributed by atoms with Gasteiger partial charge in [-0.25, -0.2) is 13.2 Å². The van der Waals surface area contributed by atoms with Gasteiger partial charge in [-0.2, -0.15) is 4.31 Å². The average Bonchev–Trinajstić information content (AvgIpc) is 3.01. The number of ether oxygens (including phenoxy) is 1. The first-order chi connectivity index (χ1) is 19.8. The first kappa shape index (κ1) is 29.1. The van der Waals surface area contributed by atoms with Gasteiger partial charge >= 0.3 is 6.03 Å². The number of methoxy groups -OCH3 is 1. The van der Waals surface area contributed by atoms with E-state index in [0.717, 1.165) is 42.9 Å². The zero-order valence-electron chi connectivity index (χ0n) is 23.9. The number of carbonyl (C=O) groups excluding carboxylic acids is 1. The highest BCUT2D eigenvalue weighted by Crippen LogP contribution is 2.50. The van der Waals surface area contributed by atoms with Crippen LogP contribution in [0.15, 0.2) is 78.0 Å². The van der Waals surface area contributed by atoms with E-state index in [9.17, 15) is 13.2 Å². The van der Waals surface area contributed by atoms with Gasteiger partial charge in [-0.1, -0.05) is 25.1 Å². The molecule has 5 rings (SSSR count). The van der Waals surface area contributed by atoms with Gasteiger partial charge in [-0.05, 0) is 109 Å². The van der Waals surface area contributed by atoms with Crippen LogP contribution in [0.25, 0.3) is 0 Å². The summed E-state index contributed by atoms with van der Waals surface area (Å²) in [6, 6.07) is 18.2. The highest BCUT2D eigenvalue weighted by Gasteiger charge is 2.44. The third kappa shape index (κ3) is 6.57. The minimum absolute atomic E-state index is 0.0574. The van der Waals surface area contributed by atoms with Crippen LogP contribution in [0.3, 0.4) is 0 Å². The van der Waals surface area contributed by atoms with Crippen molar-refractivity contribution in [1.82, 2.24) is 14.6 Å². The summed E-state index contributed by atoms with van der Waals surface area (Å²) in [5.74, 6) is 2.02. The molecule has 2 fully saturated rings. The SMILES string of the molecule is COc1cccc(C2(C3CCN(S(=O)(=O)c4ccc(NC(=O)NCc5cccnc5)cc4)CC3)CCC(C)CC2)c1. The number of nitrogens with one attached hydrogen (secondary N) is 2. The summed E-state index contributed by atoms with van der Waals surface area (Å²) in [5, 5.41) is 5.53. The number of sulfonamides is 1. The van der Waals surface area contributed by atoms with Crippen LogP contribution >= 0.6 is 0 Å². The predicted octanol–water partition coefficient (Wildman–Crippen LogP) is 5.96. The minimum atomic E-state index is -3.63. The normalized spacial score (nSPS) is 22.1. The van der Waals surface area contributed by atoms with Gasteiger partial charge in [0.1, 0.15) is 5.75 Å². The second-order valence-electron chi connectivity index (χ2n) is 11.4. The lowest BCUT2D eigenvalue weighted by atomic mass is 9.58. The van der Waals surface area contributed by atoms with Gasteiger partial charge in [0.25, 0.3) is 0 Å². The van der Waals surface area contributed by atoms with Gasteiger partial charge in [0, 0.05) is 37.7 Å². The molecule has 2 amide bonds. The van der Waals surface area contributed by atoms with E-state index in [4.69, 9.17) is 4.74 Å². The highest BCUT2D eigenvalue weighted by atomic mass is 32.2. The lowest BCUT2D eigenvalue weighted by molar-refractivity contribution is 0.114. The summed E-state index contributed by atoms with van der Waals surface area (Å²) in [5.41, 5.74) is 2.80. The molecule has 3 aromatic rings. The lowest BCUT2D eigenvalue weighted by Crippen LogP contribution is -2.46. The van der Waals surface area contributed by atoms with Crippen molar-refractivity contribution in [3.05, 3.63) is 84.2 Å². The maximum Gasteiger partial charge on any atom is 0.319 e. The summed E-state index contributed by atoms with van der Waals surface area (Å²) >= 11 is 0. The van der Waals surface area contributed by atoms with E-state index in [1.807, 2.05) is 18.2 Å². The molecule has 0 unspecified atom stereocenters. The Labute approximate surface area is 243 Å². The fourth-order valence-corrected chi connectivity index (χ4v) is 7.98. The van der Waals surface area contributed by atoms with Crippen LogP contribution in [0.5, 0.6) is 5.75 Å². The van der Waals surface area contributed by atoms with Crippen LogP contribution in [0.1, 0.15) is 56.6 Å². The summed E-state index contributed by atoms with van der Waals surface area (Å²) in [6.07, 6.45) is 9.68. The minimum Gasteiger partial charge on any atom is -0.497 e. The number of piperidine rings is 1. The topological polar surface area (TPSA) is 101 Å². The first-order valence-electron chi connectivity index (χ1n) is 14.5. The fourth-order valence-electron chi connectivity index (χ4n) is 6.51. The average molecular weight is 577 g/mol. The largest absolute Gasteiger partial charge is 0.497 e. The Bertz CT molecular complexity index is 1410. The van der Waals surface area contributed by atoms with E-state index < -0.39 is 10.0 Å². The molecule has 1 aliphatic carbocycles. The van der Waals surface area contributed by atoms with Crippen molar-refractivity contribution in [2.75, 3.05) is 25.5 Å². The summed E-state index contributed by atoms with van der Waals surface area (Å²) in [4.78, 5) is 16.6. The Morgan fingerprint density at radius 2 is 1.76 bits per heavy atom. The number of anilines is 1. The van der Waals surface area contributed by atoms with Crippen molar-refractivity contribution in [2.45, 2.75) is 62.3 Å². The van der Waals surface area contributed by atoms with E-state index in [-0.39, 0.29) is 16.3 Å². The molecule has 1 aliphatic heterocycles. The number of amides is 2. The number of rotatable bonds is 8. The number of pyridine rings is 1. The highest BCUT2D eigenvalue weighted by molar-refractivity contribution is 7.89. The zero-order valence-corrected chi connectivity index (χ0v) is 24.7. The van der Waals surface area contributed by atoms with Crippen LogP contribution in [-0.4, -0.2) is 43.9 Å². The van der Waals surface area contributed by atoms with Gasteiger partial charge in [0.2, 0.25) is 10.0 Å². The van der Waals surface area contributed by atoms with Crippen LogP contribution < -0.4 is 15.4 Å². The molecule has 0 bridgehead atoms. The van der Waals surface area contributed by atoms with E-state index >= 15 is 0 Å². The number of carbonyl (C=O) groups is 1. The summed E-state index contributed by atoms with van der Waals surface area (Å²) in [6.45, 7) is 3.69. The molecule has 2 aromatic carbocycles. The Morgan fingerprint density at radius 3 is 2.41 bits per heavy atom. The van der Waals surface area contributed by atoms with Gasteiger partial charge < -0.3 is 15.4 Å². The molecule has 9 heteroatoms. The molecule has 2 heterocycles. The van der Waals surface area contributed by atoms with Gasteiger partial charge in [0.15, 0.2) is 0 Å². The van der Waals surface area contributed by atoms with Crippen molar-refractivity contribution in [1.29, 1.82) is 0 Å². The monoisotopic (exact) mass is 576 g/mol. The van der Waals surface area contributed by atoms with Crippen LogP contribution in [0.2, 0.25) is 0 Å². The van der Waals surface area contributed by atoms with Crippen molar-refractivity contribution >= 4 is 21.7 Å². The predicted molar refractivity (Wildman–Crippen MR) is 160 cm³/mol. The molecule has 1 saturated carbocycles. The van der Waals surface area contributed by atoms with Crippen molar-refractivity contribution in [3.63, 3.8) is 0 Å². The maximum atomic E-state index is 13.5. The molecule has 218 valence electrons. The Kier molecular flexibility index (Phi) is 8.94. The maximum absolute atomic E-state index is 13.5. The summed E-state index contributed by atoms with van der Waals surface area (Å²) in [7, 11) is -1.93. The van der Waals surface area contributed by atoms with E-state index in [1.54, 1.807) is 48.1 Å². The Balaban J connectivity index is 1.22. The molecule has 8 nitrogen and oxygen atoms in total. The molecule has 2 aliphatic rings. The number of hydrogen-bond donors (Lipinski definition) is 2. The smallest absolute Gasteiger partial charge is 0.319 e. The Morgan fingerprint density at radius 1 is 1.02 bits per heavy atom. The third-order valence-corrected chi connectivity index (χ3v) is 10.9. The lowest BCUT2D eigenvalue weighted by Gasteiger charge is -2.48. The van der Waals surface area contributed by atoms with Crippen LogP contribution in [0.4, 0.5) is 10.5 Å². The molecule has 0 spiro atoms.